The van der Waals surface area contributed by atoms with E-state index in [0.29, 0.717) is 24.4 Å². The van der Waals surface area contributed by atoms with Crippen molar-refractivity contribution >= 4 is 27.7 Å². The maximum atomic E-state index is 13.8. The van der Waals surface area contributed by atoms with Gasteiger partial charge in [-0.2, -0.15) is 12.7 Å². The summed E-state index contributed by atoms with van der Waals surface area (Å²) in [7, 11) is 0.405. The average molecular weight is 519 g/mol. The van der Waals surface area contributed by atoms with Crippen LogP contribution in [0.2, 0.25) is 0 Å². The number of rotatable bonds is 13. The summed E-state index contributed by atoms with van der Waals surface area (Å²) in [4.78, 5) is 28.4. The van der Waals surface area contributed by atoms with Crippen LogP contribution in [0, 0.1) is 5.92 Å². The van der Waals surface area contributed by atoms with Crippen molar-refractivity contribution in [3.63, 3.8) is 0 Å². The summed E-state index contributed by atoms with van der Waals surface area (Å²) >= 11 is 0. The van der Waals surface area contributed by atoms with Crippen LogP contribution in [0.5, 0.6) is 5.75 Å². The van der Waals surface area contributed by atoms with Crippen molar-refractivity contribution in [1.29, 1.82) is 0 Å². The molecule has 0 bridgehead atoms. The van der Waals surface area contributed by atoms with E-state index < -0.39 is 28.7 Å². The van der Waals surface area contributed by atoms with Crippen LogP contribution >= 0.6 is 0 Å². The number of hydrogen-bond acceptors (Lipinski definition) is 5. The molecule has 2 amide bonds. The number of anilines is 1. The lowest BCUT2D eigenvalue weighted by Crippen LogP contribution is -2.53. The molecule has 0 fully saturated rings. The minimum absolute atomic E-state index is 0.119. The molecule has 36 heavy (non-hydrogen) atoms. The van der Waals surface area contributed by atoms with Crippen LogP contribution < -0.4 is 14.4 Å². The van der Waals surface area contributed by atoms with Crippen molar-refractivity contribution in [1.82, 2.24) is 14.5 Å². The van der Waals surface area contributed by atoms with Crippen molar-refractivity contribution in [3.8, 4) is 5.75 Å². The molecular formula is C26H38N4O5S. The highest BCUT2D eigenvalue weighted by Crippen LogP contribution is 2.22. The normalized spacial score (nSPS) is 12.3. The smallest absolute Gasteiger partial charge is 0.304 e. The highest BCUT2D eigenvalue weighted by Gasteiger charge is 2.33. The van der Waals surface area contributed by atoms with Gasteiger partial charge in [-0.15, -0.1) is 0 Å². The first-order valence-corrected chi connectivity index (χ1v) is 13.4. The molecular weight excluding hydrogens is 480 g/mol. The third-order valence-corrected chi connectivity index (χ3v) is 7.44. The molecule has 1 N–H and O–H groups in total. The summed E-state index contributed by atoms with van der Waals surface area (Å²) < 4.78 is 33.8. The highest BCUT2D eigenvalue weighted by molar-refractivity contribution is 7.90. The number of nitrogens with zero attached hydrogens (tertiary/aromatic N) is 3. The van der Waals surface area contributed by atoms with Crippen LogP contribution in [0.1, 0.15) is 32.8 Å². The number of amides is 2. The fourth-order valence-electron chi connectivity index (χ4n) is 3.62. The highest BCUT2D eigenvalue weighted by atomic mass is 32.2. The molecule has 198 valence electrons. The van der Waals surface area contributed by atoms with Gasteiger partial charge in [0.1, 0.15) is 18.3 Å². The Labute approximate surface area is 215 Å². The second-order valence-corrected chi connectivity index (χ2v) is 11.1. The van der Waals surface area contributed by atoms with Gasteiger partial charge in [-0.1, -0.05) is 51.1 Å². The fraction of sp³-hybridized carbons (Fsp3) is 0.462. The van der Waals surface area contributed by atoms with E-state index in [1.54, 1.807) is 49.6 Å². The maximum absolute atomic E-state index is 13.8. The van der Waals surface area contributed by atoms with Gasteiger partial charge in [0.05, 0.1) is 12.8 Å². The molecule has 0 unspecified atom stereocenters. The predicted octanol–water partition coefficient (Wildman–Crippen LogP) is 2.89. The number of ether oxygens (including phenoxy) is 1. The third-order valence-electron chi connectivity index (χ3n) is 5.62. The van der Waals surface area contributed by atoms with E-state index in [0.717, 1.165) is 14.2 Å². The molecule has 0 saturated heterocycles. The predicted molar refractivity (Wildman–Crippen MR) is 142 cm³/mol. The Morgan fingerprint density at radius 2 is 1.69 bits per heavy atom. The average Bonchev–Trinajstić information content (AvgIpc) is 2.86. The zero-order valence-electron chi connectivity index (χ0n) is 22.0. The molecule has 0 aliphatic heterocycles. The number of carbonyl (C=O) groups is 2. The zero-order chi connectivity index (χ0) is 26.9. The number of hydrogen-bond donors (Lipinski definition) is 1. The monoisotopic (exact) mass is 518 g/mol. The number of nitrogens with one attached hydrogen (secondary N) is 1. The van der Waals surface area contributed by atoms with Crippen molar-refractivity contribution in [2.45, 2.75) is 39.8 Å². The summed E-state index contributed by atoms with van der Waals surface area (Å²) in [5.41, 5.74) is 1.12. The second-order valence-electron chi connectivity index (χ2n) is 9.07. The number of para-hydroxylation sites is 1. The number of methoxy groups -OCH3 is 1. The van der Waals surface area contributed by atoms with Gasteiger partial charge in [-0.3, -0.25) is 9.59 Å². The van der Waals surface area contributed by atoms with E-state index in [2.05, 4.69) is 5.32 Å². The summed E-state index contributed by atoms with van der Waals surface area (Å²) in [6, 6.07) is 14.9. The van der Waals surface area contributed by atoms with Gasteiger partial charge in [-0.25, -0.2) is 4.31 Å². The maximum Gasteiger partial charge on any atom is 0.304 e. The topological polar surface area (TPSA) is 99.3 Å². The van der Waals surface area contributed by atoms with Crippen LogP contribution in [0.15, 0.2) is 54.6 Å². The molecule has 9 nitrogen and oxygen atoms in total. The second kappa shape index (κ2) is 13.3. The molecule has 0 radical (unpaired) electrons. The van der Waals surface area contributed by atoms with E-state index in [-0.39, 0.29) is 18.4 Å². The molecule has 0 aromatic heterocycles. The Morgan fingerprint density at radius 3 is 2.25 bits per heavy atom. The van der Waals surface area contributed by atoms with E-state index in [9.17, 15) is 18.0 Å². The lowest BCUT2D eigenvalue weighted by molar-refractivity contribution is -0.140. The Kier molecular flexibility index (Phi) is 10.7. The van der Waals surface area contributed by atoms with Crippen molar-refractivity contribution in [2.75, 3.05) is 38.6 Å². The van der Waals surface area contributed by atoms with Crippen molar-refractivity contribution in [3.05, 3.63) is 60.2 Å². The Balaban J connectivity index is 2.47. The Morgan fingerprint density at radius 1 is 1.03 bits per heavy atom. The van der Waals surface area contributed by atoms with Crippen molar-refractivity contribution in [2.24, 2.45) is 5.92 Å². The number of carbonyl (C=O) groups excluding carboxylic acids is 2. The zero-order valence-corrected chi connectivity index (χ0v) is 22.8. The molecule has 0 saturated carbocycles. The summed E-state index contributed by atoms with van der Waals surface area (Å²) in [6.07, 6.45) is 0.366. The van der Waals surface area contributed by atoms with E-state index in [1.807, 2.05) is 32.9 Å². The van der Waals surface area contributed by atoms with Gasteiger partial charge in [0.25, 0.3) is 0 Å². The van der Waals surface area contributed by atoms with Gasteiger partial charge in [0.15, 0.2) is 0 Å². The molecule has 1 atom stereocenters. The molecule has 2 aromatic carbocycles. The van der Waals surface area contributed by atoms with E-state index >= 15 is 0 Å². The quantitative estimate of drug-likeness (QED) is 0.440. The van der Waals surface area contributed by atoms with Crippen LogP contribution in [0.3, 0.4) is 0 Å². The van der Waals surface area contributed by atoms with E-state index in [4.69, 9.17) is 4.74 Å². The first-order chi connectivity index (χ1) is 17.0. The largest absolute Gasteiger partial charge is 0.497 e. The van der Waals surface area contributed by atoms with Crippen LogP contribution in [0.25, 0.3) is 0 Å². The summed E-state index contributed by atoms with van der Waals surface area (Å²) in [6.45, 7) is 5.95. The molecule has 2 aromatic rings. The Hall–Kier alpha value is -3.11. The fourth-order valence-corrected chi connectivity index (χ4v) is 4.68. The Bertz CT molecular complexity index is 1110. The molecule has 0 heterocycles. The van der Waals surface area contributed by atoms with Crippen LogP contribution in [-0.2, 0) is 26.3 Å². The first kappa shape index (κ1) is 29.1. The lowest BCUT2D eigenvalue weighted by atomic mass is 10.1. The van der Waals surface area contributed by atoms with Gasteiger partial charge < -0.3 is 15.0 Å². The minimum Gasteiger partial charge on any atom is -0.497 e. The lowest BCUT2D eigenvalue weighted by Gasteiger charge is -2.34. The van der Waals surface area contributed by atoms with Gasteiger partial charge in [-0.05, 0) is 42.2 Å². The van der Waals surface area contributed by atoms with Gasteiger partial charge in [0.2, 0.25) is 11.8 Å². The molecule has 10 heteroatoms. The summed E-state index contributed by atoms with van der Waals surface area (Å²) in [5, 5.41) is 2.91. The molecule has 0 aliphatic carbocycles. The van der Waals surface area contributed by atoms with Gasteiger partial charge >= 0.3 is 10.2 Å². The number of benzene rings is 2. The van der Waals surface area contributed by atoms with Gasteiger partial charge in [0, 0.05) is 27.2 Å². The van der Waals surface area contributed by atoms with Crippen LogP contribution in [-0.4, -0.2) is 69.8 Å². The molecule has 0 spiro atoms. The molecule has 0 aliphatic rings. The van der Waals surface area contributed by atoms with Crippen molar-refractivity contribution < 1.29 is 22.7 Å². The van der Waals surface area contributed by atoms with E-state index in [1.165, 1.54) is 19.0 Å². The standard InChI is InChI=1S/C26H38N4O5S/c1-7-24(26(32)27-17-20(2)3)29(18-21-12-11-15-23(16-21)35-6)25(31)19-30(36(33,34)28(4)5)22-13-9-8-10-14-22/h8-16,20,24H,7,17-19H2,1-6H3,(H,27,32)/t24-/m1/s1. The van der Waals surface area contributed by atoms with Crippen LogP contribution in [0.4, 0.5) is 5.69 Å². The first-order valence-electron chi connectivity index (χ1n) is 12.0. The minimum atomic E-state index is -3.98. The SMILES string of the molecule is CC[C@H](C(=O)NCC(C)C)N(Cc1cccc(OC)c1)C(=O)CN(c1ccccc1)S(=O)(=O)N(C)C. The summed E-state index contributed by atoms with van der Waals surface area (Å²) in [5.74, 6) is 0.105. The third kappa shape index (κ3) is 7.69. The molecule has 2 rings (SSSR count).